The smallest absolute Gasteiger partial charge is 0.243 e. The number of hydrogen-bond donors (Lipinski definition) is 2. The summed E-state index contributed by atoms with van der Waals surface area (Å²) in [4.78, 5) is 11.2. The Bertz CT molecular complexity index is 442. The van der Waals surface area contributed by atoms with Gasteiger partial charge in [-0.25, -0.2) is 5.43 Å². The lowest BCUT2D eigenvalue weighted by Gasteiger charge is -1.99. The van der Waals surface area contributed by atoms with E-state index in [1.807, 2.05) is 0 Å². The first kappa shape index (κ1) is 11.0. The second-order valence-electron chi connectivity index (χ2n) is 3.71. The van der Waals surface area contributed by atoms with Crippen LogP contribution < -0.4 is 5.43 Å². The number of hydrazone groups is 1. The number of aromatic hydroxyl groups is 1. The molecule has 4 nitrogen and oxygen atoms in total. The molecule has 0 saturated heterocycles. The molecule has 5 heteroatoms. The van der Waals surface area contributed by atoms with Crippen molar-refractivity contribution in [3.8, 4) is 5.75 Å². The molecule has 0 spiro atoms. The van der Waals surface area contributed by atoms with Gasteiger partial charge in [0.1, 0.15) is 5.75 Å². The molecule has 1 saturated carbocycles. The molecule has 1 aromatic rings. The second-order valence-corrected chi connectivity index (χ2v) is 4.15. The van der Waals surface area contributed by atoms with Crippen LogP contribution in [0.2, 0.25) is 5.02 Å². The van der Waals surface area contributed by atoms with E-state index in [4.69, 9.17) is 11.6 Å². The highest BCUT2D eigenvalue weighted by atomic mass is 35.5. The molecule has 0 heterocycles. The molecule has 0 radical (unpaired) electrons. The molecule has 1 aliphatic carbocycles. The van der Waals surface area contributed by atoms with Gasteiger partial charge in [-0.3, -0.25) is 4.79 Å². The maximum Gasteiger partial charge on any atom is 0.243 e. The Morgan fingerprint density at radius 3 is 3.00 bits per heavy atom. The molecule has 0 atom stereocenters. The van der Waals surface area contributed by atoms with Crippen molar-refractivity contribution in [3.63, 3.8) is 0 Å². The number of nitrogens with zero attached hydrogens (tertiary/aromatic N) is 1. The van der Waals surface area contributed by atoms with Crippen LogP contribution >= 0.6 is 11.6 Å². The Hall–Kier alpha value is -1.55. The van der Waals surface area contributed by atoms with Gasteiger partial charge in [0.2, 0.25) is 5.91 Å². The molecule has 1 aliphatic rings. The Labute approximate surface area is 97.9 Å². The van der Waals surface area contributed by atoms with Crippen molar-refractivity contribution in [2.75, 3.05) is 0 Å². The zero-order valence-electron chi connectivity index (χ0n) is 8.48. The summed E-state index contributed by atoms with van der Waals surface area (Å²) < 4.78 is 0. The van der Waals surface area contributed by atoms with E-state index < -0.39 is 0 Å². The third kappa shape index (κ3) is 2.73. The summed E-state index contributed by atoms with van der Waals surface area (Å²) in [6, 6.07) is 4.63. The van der Waals surface area contributed by atoms with Crippen LogP contribution in [0, 0.1) is 5.92 Å². The molecule has 2 rings (SSSR count). The largest absolute Gasteiger partial charge is 0.507 e. The zero-order chi connectivity index (χ0) is 11.5. The minimum absolute atomic E-state index is 0.0715. The van der Waals surface area contributed by atoms with Gasteiger partial charge in [-0.05, 0) is 31.0 Å². The molecule has 0 aliphatic heterocycles. The van der Waals surface area contributed by atoms with Gasteiger partial charge in [-0.15, -0.1) is 0 Å². The number of carbonyl (C=O) groups is 1. The van der Waals surface area contributed by atoms with Crippen LogP contribution in [-0.2, 0) is 4.79 Å². The first-order valence-corrected chi connectivity index (χ1v) is 5.36. The maximum absolute atomic E-state index is 11.2. The van der Waals surface area contributed by atoms with Crippen LogP contribution in [0.3, 0.4) is 0 Å². The number of benzene rings is 1. The first-order chi connectivity index (χ1) is 7.66. The van der Waals surface area contributed by atoms with Gasteiger partial charge in [0.25, 0.3) is 0 Å². The average molecular weight is 239 g/mol. The van der Waals surface area contributed by atoms with E-state index in [9.17, 15) is 9.90 Å². The maximum atomic E-state index is 11.2. The molecule has 0 unspecified atom stereocenters. The fourth-order valence-electron chi connectivity index (χ4n) is 1.23. The van der Waals surface area contributed by atoms with Crippen molar-refractivity contribution in [1.29, 1.82) is 0 Å². The summed E-state index contributed by atoms with van der Waals surface area (Å²) in [6.45, 7) is 0. The Kier molecular flexibility index (Phi) is 3.10. The average Bonchev–Trinajstić information content (AvgIpc) is 3.06. The quantitative estimate of drug-likeness (QED) is 0.624. The van der Waals surface area contributed by atoms with E-state index in [1.54, 1.807) is 12.1 Å². The van der Waals surface area contributed by atoms with Crippen molar-refractivity contribution in [1.82, 2.24) is 5.43 Å². The molecule has 1 amide bonds. The van der Waals surface area contributed by atoms with Gasteiger partial charge in [0.05, 0.1) is 6.21 Å². The lowest BCUT2D eigenvalue weighted by molar-refractivity contribution is -0.122. The molecule has 84 valence electrons. The predicted octanol–water partition coefficient (Wildman–Crippen LogP) is 1.91. The van der Waals surface area contributed by atoms with Gasteiger partial charge < -0.3 is 5.11 Å². The molecular formula is C11H11ClN2O2. The monoisotopic (exact) mass is 238 g/mol. The Balaban J connectivity index is 1.99. The molecule has 16 heavy (non-hydrogen) atoms. The zero-order valence-corrected chi connectivity index (χ0v) is 9.24. The minimum Gasteiger partial charge on any atom is -0.507 e. The summed E-state index contributed by atoms with van der Waals surface area (Å²) in [5, 5.41) is 13.7. The summed E-state index contributed by atoms with van der Waals surface area (Å²) in [6.07, 6.45) is 3.25. The summed E-state index contributed by atoms with van der Waals surface area (Å²) in [7, 11) is 0. The fourth-order valence-corrected chi connectivity index (χ4v) is 1.41. The molecule has 1 aromatic carbocycles. The van der Waals surface area contributed by atoms with E-state index in [1.165, 1.54) is 12.3 Å². The molecule has 2 N–H and O–H groups in total. The highest BCUT2D eigenvalue weighted by Crippen LogP contribution is 2.28. The lowest BCUT2D eigenvalue weighted by atomic mass is 10.2. The molecule has 1 fully saturated rings. The Morgan fingerprint density at radius 1 is 1.56 bits per heavy atom. The van der Waals surface area contributed by atoms with Crippen LogP contribution in [0.1, 0.15) is 18.4 Å². The Morgan fingerprint density at radius 2 is 2.31 bits per heavy atom. The summed E-state index contributed by atoms with van der Waals surface area (Å²) in [5.41, 5.74) is 2.89. The van der Waals surface area contributed by atoms with Gasteiger partial charge in [0.15, 0.2) is 0 Å². The molecular weight excluding hydrogens is 228 g/mol. The standard InChI is InChI=1S/C11H11ClN2O2/c12-9-3-4-10(15)8(5-9)6-13-14-11(16)7-1-2-7/h3-7,15H,1-2H2,(H,14,16)/b13-6-. The highest BCUT2D eigenvalue weighted by molar-refractivity contribution is 6.30. The van der Waals surface area contributed by atoms with E-state index >= 15 is 0 Å². The van der Waals surface area contributed by atoms with E-state index in [-0.39, 0.29) is 17.6 Å². The summed E-state index contributed by atoms with van der Waals surface area (Å²) in [5.74, 6) is 0.122. The summed E-state index contributed by atoms with van der Waals surface area (Å²) >= 11 is 5.76. The van der Waals surface area contributed by atoms with Crippen molar-refractivity contribution in [2.24, 2.45) is 11.0 Å². The number of phenols is 1. The second kappa shape index (κ2) is 4.53. The number of phenolic OH excluding ortho intramolecular Hbond substituents is 1. The van der Waals surface area contributed by atoms with Crippen LogP contribution in [0.25, 0.3) is 0 Å². The number of halogens is 1. The van der Waals surface area contributed by atoms with Gasteiger partial charge in [0, 0.05) is 16.5 Å². The SMILES string of the molecule is O=C(N/N=C\c1cc(Cl)ccc1O)C1CC1. The molecule has 0 aromatic heterocycles. The normalized spacial score (nSPS) is 15.3. The number of hydrogen-bond acceptors (Lipinski definition) is 3. The van der Waals surface area contributed by atoms with E-state index in [2.05, 4.69) is 10.5 Å². The number of amides is 1. The minimum atomic E-state index is -0.0715. The lowest BCUT2D eigenvalue weighted by Crippen LogP contribution is -2.18. The topological polar surface area (TPSA) is 61.7 Å². The third-order valence-corrected chi connectivity index (χ3v) is 2.55. The van der Waals surface area contributed by atoms with Crippen LogP contribution in [0.15, 0.2) is 23.3 Å². The van der Waals surface area contributed by atoms with Crippen LogP contribution in [0.5, 0.6) is 5.75 Å². The van der Waals surface area contributed by atoms with Gasteiger partial charge in [-0.2, -0.15) is 5.10 Å². The van der Waals surface area contributed by atoms with Gasteiger partial charge >= 0.3 is 0 Å². The third-order valence-electron chi connectivity index (χ3n) is 2.32. The fraction of sp³-hybridized carbons (Fsp3) is 0.273. The van der Waals surface area contributed by atoms with Crippen molar-refractivity contribution in [2.45, 2.75) is 12.8 Å². The van der Waals surface area contributed by atoms with Crippen molar-refractivity contribution < 1.29 is 9.90 Å². The van der Waals surface area contributed by atoms with E-state index in [0.717, 1.165) is 12.8 Å². The number of rotatable bonds is 3. The van der Waals surface area contributed by atoms with Gasteiger partial charge in [-0.1, -0.05) is 11.6 Å². The van der Waals surface area contributed by atoms with Crippen LogP contribution in [0.4, 0.5) is 0 Å². The molecule has 0 bridgehead atoms. The van der Waals surface area contributed by atoms with E-state index in [0.29, 0.717) is 10.6 Å². The van der Waals surface area contributed by atoms with Crippen LogP contribution in [-0.4, -0.2) is 17.2 Å². The highest BCUT2D eigenvalue weighted by Gasteiger charge is 2.29. The first-order valence-electron chi connectivity index (χ1n) is 4.98. The number of nitrogens with one attached hydrogen (secondary N) is 1. The number of carbonyl (C=O) groups excluding carboxylic acids is 1. The van der Waals surface area contributed by atoms with Crippen molar-refractivity contribution >= 4 is 23.7 Å². The predicted molar refractivity (Wildman–Crippen MR) is 61.6 cm³/mol. The van der Waals surface area contributed by atoms with Crippen molar-refractivity contribution in [3.05, 3.63) is 28.8 Å².